The maximum absolute atomic E-state index is 11.8. The lowest BCUT2D eigenvalue weighted by molar-refractivity contribution is 0.602. The lowest BCUT2D eigenvalue weighted by atomic mass is 10.2. The molecule has 172 valence electrons. The van der Waals surface area contributed by atoms with Gasteiger partial charge in [-0.05, 0) is 36.4 Å². The van der Waals surface area contributed by atoms with Crippen LogP contribution in [0.15, 0.2) is 82.7 Å². The standard InChI is InChI=1S/C15H12ClN3O2S.C8H4BrClN2/c1-22(20,21)14-5-3-2-4-12(14)19-10-8-11(16)15-13(9-10)17-6-7-18-15;9-5-3-6(10)8-7(4-5)11-1-2-12-8/h2-9,19H,1H3;1-4H. The van der Waals surface area contributed by atoms with Crippen molar-refractivity contribution < 1.29 is 8.42 Å². The van der Waals surface area contributed by atoms with Crippen LogP contribution in [0.5, 0.6) is 0 Å². The van der Waals surface area contributed by atoms with Crippen LogP contribution in [-0.4, -0.2) is 34.6 Å². The molecule has 5 aromatic rings. The number of benzene rings is 3. The Bertz CT molecular complexity index is 1620. The fourth-order valence-electron chi connectivity index (χ4n) is 3.15. The average Bonchev–Trinajstić information content (AvgIpc) is 2.79. The lowest BCUT2D eigenvalue weighted by Gasteiger charge is -2.11. The minimum absolute atomic E-state index is 0.227. The molecule has 1 N–H and O–H groups in total. The summed E-state index contributed by atoms with van der Waals surface area (Å²) in [5, 5.41) is 4.15. The molecule has 0 fully saturated rings. The molecule has 0 amide bonds. The molecular formula is C23H16BrCl2N5O2S. The number of para-hydroxylation sites is 1. The highest BCUT2D eigenvalue weighted by atomic mass is 79.9. The first kappa shape index (κ1) is 24.3. The molecule has 0 saturated carbocycles. The highest BCUT2D eigenvalue weighted by Gasteiger charge is 2.13. The maximum atomic E-state index is 11.8. The van der Waals surface area contributed by atoms with E-state index in [4.69, 9.17) is 23.2 Å². The van der Waals surface area contributed by atoms with Gasteiger partial charge in [0.1, 0.15) is 11.0 Å². The zero-order valence-corrected chi connectivity index (χ0v) is 21.5. The van der Waals surface area contributed by atoms with Crippen LogP contribution in [0.2, 0.25) is 10.0 Å². The first-order valence-electron chi connectivity index (χ1n) is 9.74. The molecule has 3 aromatic carbocycles. The van der Waals surface area contributed by atoms with Crippen LogP contribution < -0.4 is 5.32 Å². The van der Waals surface area contributed by atoms with E-state index < -0.39 is 9.84 Å². The Morgan fingerprint density at radius 1 is 0.794 bits per heavy atom. The number of rotatable bonds is 3. The van der Waals surface area contributed by atoms with E-state index in [0.717, 1.165) is 15.5 Å². The molecule has 2 aromatic heterocycles. The molecule has 0 aliphatic carbocycles. The van der Waals surface area contributed by atoms with Gasteiger partial charge in [0, 0.05) is 41.2 Å². The van der Waals surface area contributed by atoms with Gasteiger partial charge in [-0.1, -0.05) is 51.3 Å². The highest BCUT2D eigenvalue weighted by Crippen LogP contribution is 2.29. The first-order valence-corrected chi connectivity index (χ1v) is 13.2. The largest absolute Gasteiger partial charge is 0.354 e. The van der Waals surface area contributed by atoms with Crippen LogP contribution >= 0.6 is 39.1 Å². The van der Waals surface area contributed by atoms with E-state index >= 15 is 0 Å². The van der Waals surface area contributed by atoms with Crippen molar-refractivity contribution in [3.63, 3.8) is 0 Å². The Morgan fingerprint density at radius 2 is 1.35 bits per heavy atom. The molecule has 0 spiro atoms. The topological polar surface area (TPSA) is 97.7 Å². The molecule has 0 aliphatic heterocycles. The number of halogens is 3. The summed E-state index contributed by atoms with van der Waals surface area (Å²) < 4.78 is 24.6. The SMILES string of the molecule is CS(=O)(=O)c1ccccc1Nc1cc(Cl)c2nccnc2c1.Clc1cc(Br)cc2nccnc12. The predicted molar refractivity (Wildman–Crippen MR) is 140 cm³/mol. The fourth-order valence-corrected chi connectivity index (χ4v) is 5.10. The van der Waals surface area contributed by atoms with Crippen LogP contribution in [0.1, 0.15) is 0 Å². The van der Waals surface area contributed by atoms with Gasteiger partial charge in [-0.15, -0.1) is 0 Å². The summed E-state index contributed by atoms with van der Waals surface area (Å²) in [6, 6.07) is 13.9. The van der Waals surface area contributed by atoms with Crippen molar-refractivity contribution in [3.05, 3.63) is 87.8 Å². The number of sulfone groups is 1. The van der Waals surface area contributed by atoms with E-state index in [9.17, 15) is 8.42 Å². The minimum atomic E-state index is -3.33. The van der Waals surface area contributed by atoms with E-state index in [1.807, 2.05) is 6.07 Å². The van der Waals surface area contributed by atoms with Crippen molar-refractivity contribution in [2.24, 2.45) is 0 Å². The second kappa shape index (κ2) is 10.2. The van der Waals surface area contributed by atoms with Crippen LogP contribution in [0, 0.1) is 0 Å². The zero-order chi connectivity index (χ0) is 24.3. The van der Waals surface area contributed by atoms with E-state index in [1.165, 1.54) is 6.26 Å². The van der Waals surface area contributed by atoms with E-state index in [-0.39, 0.29) is 4.90 Å². The second-order valence-electron chi connectivity index (χ2n) is 7.09. The molecule has 0 radical (unpaired) electrons. The van der Waals surface area contributed by atoms with Gasteiger partial charge in [0.05, 0.1) is 31.7 Å². The summed E-state index contributed by atoms with van der Waals surface area (Å²) in [7, 11) is -3.33. The van der Waals surface area contributed by atoms with Crippen molar-refractivity contribution in [2.75, 3.05) is 11.6 Å². The van der Waals surface area contributed by atoms with Crippen molar-refractivity contribution in [1.82, 2.24) is 19.9 Å². The Balaban J connectivity index is 0.000000192. The third-order valence-electron chi connectivity index (χ3n) is 4.58. The summed E-state index contributed by atoms with van der Waals surface area (Å²) in [5.74, 6) is 0. The first-order chi connectivity index (χ1) is 16.2. The van der Waals surface area contributed by atoms with Crippen molar-refractivity contribution in [2.45, 2.75) is 4.90 Å². The van der Waals surface area contributed by atoms with Gasteiger partial charge in [-0.3, -0.25) is 19.9 Å². The summed E-state index contributed by atoms with van der Waals surface area (Å²) in [4.78, 5) is 16.8. The number of aromatic nitrogens is 4. The molecule has 7 nitrogen and oxygen atoms in total. The fraction of sp³-hybridized carbons (Fsp3) is 0.0435. The Kier molecular flexibility index (Phi) is 7.27. The molecule has 2 heterocycles. The van der Waals surface area contributed by atoms with Gasteiger partial charge in [0.2, 0.25) is 0 Å². The molecule has 0 atom stereocenters. The number of anilines is 2. The predicted octanol–water partition coefficient (Wildman–Crippen LogP) is 6.48. The summed E-state index contributed by atoms with van der Waals surface area (Å²) >= 11 is 15.5. The molecule has 0 bridgehead atoms. The minimum Gasteiger partial charge on any atom is -0.354 e. The molecule has 34 heavy (non-hydrogen) atoms. The van der Waals surface area contributed by atoms with Crippen LogP contribution in [0.4, 0.5) is 11.4 Å². The molecule has 0 unspecified atom stereocenters. The molecule has 5 rings (SSSR count). The number of fused-ring (bicyclic) bond motifs is 2. The maximum Gasteiger partial charge on any atom is 0.177 e. The lowest BCUT2D eigenvalue weighted by Crippen LogP contribution is -2.02. The van der Waals surface area contributed by atoms with Crippen LogP contribution in [-0.2, 0) is 9.84 Å². The molecule has 0 aliphatic rings. The van der Waals surface area contributed by atoms with Crippen LogP contribution in [0.25, 0.3) is 22.1 Å². The van der Waals surface area contributed by atoms with Gasteiger partial charge >= 0.3 is 0 Å². The monoisotopic (exact) mass is 575 g/mol. The number of nitrogens with zero attached hydrogens (tertiary/aromatic N) is 4. The summed E-state index contributed by atoms with van der Waals surface area (Å²) in [6.45, 7) is 0. The van der Waals surface area contributed by atoms with E-state index in [0.29, 0.717) is 32.5 Å². The van der Waals surface area contributed by atoms with Crippen molar-refractivity contribution in [1.29, 1.82) is 0 Å². The van der Waals surface area contributed by atoms with Gasteiger partial charge in [0.25, 0.3) is 0 Å². The quantitative estimate of drug-likeness (QED) is 0.262. The van der Waals surface area contributed by atoms with E-state index in [1.54, 1.807) is 67.3 Å². The van der Waals surface area contributed by atoms with Gasteiger partial charge in [0.15, 0.2) is 9.84 Å². The van der Waals surface area contributed by atoms with Gasteiger partial charge in [-0.2, -0.15) is 0 Å². The normalized spacial score (nSPS) is 11.2. The van der Waals surface area contributed by atoms with Gasteiger partial charge in [-0.25, -0.2) is 8.42 Å². The highest BCUT2D eigenvalue weighted by molar-refractivity contribution is 9.10. The Hall–Kier alpha value is -2.85. The van der Waals surface area contributed by atoms with Crippen LogP contribution in [0.3, 0.4) is 0 Å². The number of hydrogen-bond donors (Lipinski definition) is 1. The summed E-state index contributed by atoms with van der Waals surface area (Å²) in [5.41, 5.74) is 3.91. The van der Waals surface area contributed by atoms with Gasteiger partial charge < -0.3 is 5.32 Å². The smallest absolute Gasteiger partial charge is 0.177 e. The molecular weight excluding hydrogens is 561 g/mol. The second-order valence-corrected chi connectivity index (χ2v) is 10.8. The van der Waals surface area contributed by atoms with Crippen molar-refractivity contribution in [3.8, 4) is 0 Å². The Morgan fingerprint density at radius 3 is 2.00 bits per heavy atom. The van der Waals surface area contributed by atoms with Crippen molar-refractivity contribution >= 4 is 82.4 Å². The Labute approximate surface area is 214 Å². The third-order valence-corrected chi connectivity index (χ3v) is 6.77. The molecule has 0 saturated heterocycles. The molecule has 11 heteroatoms. The summed E-state index contributed by atoms with van der Waals surface area (Å²) in [6.07, 6.45) is 7.59. The third kappa shape index (κ3) is 5.61. The number of hydrogen-bond acceptors (Lipinski definition) is 7. The average molecular weight is 577 g/mol. The zero-order valence-electron chi connectivity index (χ0n) is 17.6. The van der Waals surface area contributed by atoms with E-state index in [2.05, 4.69) is 41.2 Å². The number of nitrogens with one attached hydrogen (secondary N) is 1.